The van der Waals surface area contributed by atoms with E-state index in [9.17, 15) is 9.59 Å². The molecule has 2 heterocycles. The van der Waals surface area contributed by atoms with Crippen molar-refractivity contribution in [2.24, 2.45) is 0 Å². The molecule has 2 aliphatic rings. The molecule has 0 aliphatic carbocycles. The number of carbonyl (C=O) groups is 2. The molecule has 0 atom stereocenters. The van der Waals surface area contributed by atoms with Gasteiger partial charge in [-0.25, -0.2) is 0 Å². The molecule has 0 aromatic carbocycles. The van der Waals surface area contributed by atoms with Crippen LogP contribution in [0.5, 0.6) is 0 Å². The second-order valence-electron chi connectivity index (χ2n) is 4.55. The van der Waals surface area contributed by atoms with E-state index in [2.05, 4.69) is 0 Å². The van der Waals surface area contributed by atoms with Gasteiger partial charge in [0.25, 0.3) is 0 Å². The molecular formula is C12H16N2O2. The molecule has 2 amide bonds. The Labute approximate surface area is 95.2 Å². The molecule has 4 nitrogen and oxygen atoms in total. The lowest BCUT2D eigenvalue weighted by atomic mass is 10.3. The predicted octanol–water partition coefficient (Wildman–Crippen LogP) is 0.909. The van der Waals surface area contributed by atoms with E-state index in [0.717, 1.165) is 11.1 Å². The van der Waals surface area contributed by atoms with Crippen LogP contribution in [-0.2, 0) is 9.59 Å². The van der Waals surface area contributed by atoms with Crippen molar-refractivity contribution in [2.45, 2.75) is 26.9 Å². The standard InChI is InChI=1S/C12H16N2O2/c1-8-4-11(15)13(6-8)10(3)14-7-9(2)5-12(14)16/h4-5,10H,6-7H2,1-3H3. The minimum Gasteiger partial charge on any atom is -0.315 e. The van der Waals surface area contributed by atoms with Gasteiger partial charge in [0.1, 0.15) is 6.17 Å². The summed E-state index contributed by atoms with van der Waals surface area (Å²) < 4.78 is 0. The SMILES string of the molecule is CC1=CC(=O)N(C(C)N2CC(C)=CC2=O)C1. The van der Waals surface area contributed by atoms with Crippen LogP contribution in [0.3, 0.4) is 0 Å². The average molecular weight is 220 g/mol. The molecule has 2 aliphatic heterocycles. The molecule has 0 aromatic rings. The van der Waals surface area contributed by atoms with Gasteiger partial charge in [0.05, 0.1) is 0 Å². The highest BCUT2D eigenvalue weighted by Gasteiger charge is 2.32. The van der Waals surface area contributed by atoms with E-state index in [0.29, 0.717) is 13.1 Å². The zero-order valence-corrected chi connectivity index (χ0v) is 9.86. The Morgan fingerprint density at radius 1 is 1.00 bits per heavy atom. The van der Waals surface area contributed by atoms with Crippen LogP contribution in [0.2, 0.25) is 0 Å². The van der Waals surface area contributed by atoms with Crippen molar-refractivity contribution in [3.63, 3.8) is 0 Å². The summed E-state index contributed by atoms with van der Waals surface area (Å²) in [5.41, 5.74) is 2.10. The number of hydrogen-bond acceptors (Lipinski definition) is 2. The molecule has 0 radical (unpaired) electrons. The Balaban J connectivity index is 2.08. The Morgan fingerprint density at radius 2 is 1.38 bits per heavy atom. The third-order valence-electron chi connectivity index (χ3n) is 3.05. The van der Waals surface area contributed by atoms with E-state index in [1.807, 2.05) is 20.8 Å². The fourth-order valence-corrected chi connectivity index (χ4v) is 2.17. The van der Waals surface area contributed by atoms with Crippen molar-refractivity contribution < 1.29 is 9.59 Å². The first-order valence-corrected chi connectivity index (χ1v) is 5.44. The quantitative estimate of drug-likeness (QED) is 0.694. The van der Waals surface area contributed by atoms with Crippen molar-refractivity contribution in [1.82, 2.24) is 9.80 Å². The molecular weight excluding hydrogens is 204 g/mol. The lowest BCUT2D eigenvalue weighted by Gasteiger charge is -2.32. The highest BCUT2D eigenvalue weighted by molar-refractivity contribution is 5.94. The normalized spacial score (nSPS) is 21.0. The highest BCUT2D eigenvalue weighted by atomic mass is 16.2. The van der Waals surface area contributed by atoms with Gasteiger partial charge in [-0.1, -0.05) is 0 Å². The van der Waals surface area contributed by atoms with E-state index < -0.39 is 0 Å². The maximum absolute atomic E-state index is 11.7. The monoisotopic (exact) mass is 220 g/mol. The molecule has 86 valence electrons. The van der Waals surface area contributed by atoms with E-state index in [1.165, 1.54) is 0 Å². The van der Waals surface area contributed by atoms with E-state index in [4.69, 9.17) is 0 Å². The van der Waals surface area contributed by atoms with Crippen LogP contribution in [0.25, 0.3) is 0 Å². The van der Waals surface area contributed by atoms with Gasteiger partial charge in [-0.15, -0.1) is 0 Å². The molecule has 0 unspecified atom stereocenters. The Kier molecular flexibility index (Phi) is 2.58. The summed E-state index contributed by atoms with van der Waals surface area (Å²) in [5.74, 6) is 0.00436. The first-order chi connectivity index (χ1) is 7.49. The molecule has 0 saturated carbocycles. The lowest BCUT2D eigenvalue weighted by molar-refractivity contribution is -0.136. The van der Waals surface area contributed by atoms with Gasteiger partial charge in [-0.3, -0.25) is 9.59 Å². The van der Waals surface area contributed by atoms with E-state index >= 15 is 0 Å². The zero-order chi connectivity index (χ0) is 11.9. The summed E-state index contributed by atoms with van der Waals surface area (Å²) in [6.07, 6.45) is 3.11. The predicted molar refractivity (Wildman–Crippen MR) is 60.4 cm³/mol. The van der Waals surface area contributed by atoms with Gasteiger partial charge in [-0.05, 0) is 31.9 Å². The second kappa shape index (κ2) is 3.77. The zero-order valence-electron chi connectivity index (χ0n) is 9.86. The maximum Gasteiger partial charge on any atom is 0.248 e. The van der Waals surface area contributed by atoms with Gasteiger partial charge < -0.3 is 9.80 Å². The fourth-order valence-electron chi connectivity index (χ4n) is 2.17. The number of rotatable bonds is 2. The molecule has 4 heteroatoms. The van der Waals surface area contributed by atoms with Crippen LogP contribution in [0.1, 0.15) is 20.8 Å². The number of nitrogens with zero attached hydrogens (tertiary/aromatic N) is 2. The lowest BCUT2D eigenvalue weighted by Crippen LogP contribution is -2.48. The minimum absolute atomic E-state index is 0.00218. The molecule has 0 N–H and O–H groups in total. The molecule has 0 fully saturated rings. The number of hydrogen-bond donors (Lipinski definition) is 0. The van der Waals surface area contributed by atoms with E-state index in [-0.39, 0.29) is 18.0 Å². The van der Waals surface area contributed by atoms with Crippen LogP contribution in [0.15, 0.2) is 23.3 Å². The first kappa shape index (κ1) is 10.9. The summed E-state index contributed by atoms with van der Waals surface area (Å²) in [6, 6.07) is 0. The van der Waals surface area contributed by atoms with Crippen LogP contribution < -0.4 is 0 Å². The summed E-state index contributed by atoms with van der Waals surface area (Å²) in [5, 5.41) is 0. The van der Waals surface area contributed by atoms with Gasteiger partial charge in [0.15, 0.2) is 0 Å². The second-order valence-corrected chi connectivity index (χ2v) is 4.55. The molecule has 16 heavy (non-hydrogen) atoms. The molecule has 0 saturated heterocycles. The third kappa shape index (κ3) is 1.75. The maximum atomic E-state index is 11.7. The van der Waals surface area contributed by atoms with Crippen LogP contribution >= 0.6 is 0 Å². The van der Waals surface area contributed by atoms with Gasteiger partial charge in [0.2, 0.25) is 11.8 Å². The molecule has 2 rings (SSSR count). The molecule has 0 spiro atoms. The van der Waals surface area contributed by atoms with Crippen molar-refractivity contribution >= 4 is 11.8 Å². The first-order valence-electron chi connectivity index (χ1n) is 5.44. The van der Waals surface area contributed by atoms with Gasteiger partial charge in [-0.2, -0.15) is 0 Å². The Morgan fingerprint density at radius 3 is 1.62 bits per heavy atom. The van der Waals surface area contributed by atoms with Crippen LogP contribution in [0.4, 0.5) is 0 Å². The van der Waals surface area contributed by atoms with Gasteiger partial charge >= 0.3 is 0 Å². The fraction of sp³-hybridized carbons (Fsp3) is 0.500. The molecule has 0 aromatic heterocycles. The third-order valence-corrected chi connectivity index (χ3v) is 3.05. The summed E-state index contributed by atoms with van der Waals surface area (Å²) in [7, 11) is 0. The smallest absolute Gasteiger partial charge is 0.248 e. The van der Waals surface area contributed by atoms with Crippen molar-refractivity contribution in [2.75, 3.05) is 13.1 Å². The van der Waals surface area contributed by atoms with E-state index in [1.54, 1.807) is 22.0 Å². The Bertz CT molecular complexity index is 371. The molecule has 0 bridgehead atoms. The number of carbonyl (C=O) groups excluding carboxylic acids is 2. The van der Waals surface area contributed by atoms with Crippen LogP contribution in [0, 0.1) is 0 Å². The largest absolute Gasteiger partial charge is 0.315 e. The Hall–Kier alpha value is -1.58. The van der Waals surface area contributed by atoms with Crippen molar-refractivity contribution in [1.29, 1.82) is 0 Å². The van der Waals surface area contributed by atoms with Crippen molar-refractivity contribution in [3.05, 3.63) is 23.3 Å². The summed E-state index contributed by atoms with van der Waals surface area (Å²) in [6.45, 7) is 7.01. The topological polar surface area (TPSA) is 40.6 Å². The van der Waals surface area contributed by atoms with Crippen LogP contribution in [-0.4, -0.2) is 40.9 Å². The van der Waals surface area contributed by atoms with Gasteiger partial charge in [0, 0.05) is 25.2 Å². The van der Waals surface area contributed by atoms with Crippen molar-refractivity contribution in [3.8, 4) is 0 Å². The summed E-state index contributed by atoms with van der Waals surface area (Å²) in [4.78, 5) is 26.8. The average Bonchev–Trinajstić information content (AvgIpc) is 2.68. The summed E-state index contributed by atoms with van der Waals surface area (Å²) >= 11 is 0. The number of amides is 2. The minimum atomic E-state index is -0.164. The highest BCUT2D eigenvalue weighted by Crippen LogP contribution is 2.20.